The minimum atomic E-state index is -0.216. The standard InChI is InChI=1S/C15H25N5O/c1-15(2,3)18-13(21)11-7-6-10-20(11)12-8-9-16-14(17-12)19(4)5/h8-9,11H,6-7,10H2,1-5H3,(H,18,21). The monoisotopic (exact) mass is 291 g/mol. The van der Waals surface area contributed by atoms with Gasteiger partial charge in [0.25, 0.3) is 0 Å². The van der Waals surface area contributed by atoms with Gasteiger partial charge in [-0.05, 0) is 39.7 Å². The maximum absolute atomic E-state index is 12.5. The molecule has 1 N–H and O–H groups in total. The molecule has 6 heteroatoms. The van der Waals surface area contributed by atoms with Gasteiger partial charge in [-0.2, -0.15) is 4.98 Å². The van der Waals surface area contributed by atoms with Crippen LogP contribution in [0, 0.1) is 0 Å². The van der Waals surface area contributed by atoms with Gasteiger partial charge >= 0.3 is 0 Å². The van der Waals surface area contributed by atoms with Crippen LogP contribution in [-0.2, 0) is 4.79 Å². The molecule has 116 valence electrons. The molecule has 1 atom stereocenters. The van der Waals surface area contributed by atoms with E-state index in [1.54, 1.807) is 6.20 Å². The molecule has 0 aliphatic carbocycles. The van der Waals surface area contributed by atoms with Crippen LogP contribution in [0.2, 0.25) is 0 Å². The molecule has 0 spiro atoms. The number of amides is 1. The van der Waals surface area contributed by atoms with Crippen LogP contribution in [0.4, 0.5) is 11.8 Å². The molecule has 1 aliphatic heterocycles. The lowest BCUT2D eigenvalue weighted by Gasteiger charge is -2.29. The lowest BCUT2D eigenvalue weighted by atomic mass is 10.1. The molecule has 0 bridgehead atoms. The molecule has 1 fully saturated rings. The van der Waals surface area contributed by atoms with Crippen molar-refractivity contribution >= 4 is 17.7 Å². The molecular formula is C15H25N5O. The summed E-state index contributed by atoms with van der Waals surface area (Å²) in [4.78, 5) is 25.2. The first kappa shape index (κ1) is 15.5. The fourth-order valence-corrected chi connectivity index (χ4v) is 2.48. The number of nitrogens with zero attached hydrogens (tertiary/aromatic N) is 4. The van der Waals surface area contributed by atoms with Gasteiger partial charge in [-0.15, -0.1) is 0 Å². The van der Waals surface area contributed by atoms with E-state index in [1.165, 1.54) is 0 Å². The molecule has 1 saturated heterocycles. The molecule has 6 nitrogen and oxygen atoms in total. The van der Waals surface area contributed by atoms with Crippen molar-refractivity contribution in [2.45, 2.75) is 45.2 Å². The predicted molar refractivity (Wildman–Crippen MR) is 84.6 cm³/mol. The molecule has 1 aromatic rings. The summed E-state index contributed by atoms with van der Waals surface area (Å²) in [6.45, 7) is 6.85. The molecule has 0 saturated carbocycles. The molecule has 2 heterocycles. The summed E-state index contributed by atoms with van der Waals surface area (Å²) in [5, 5.41) is 3.06. The molecule has 0 aromatic carbocycles. The average molecular weight is 291 g/mol. The van der Waals surface area contributed by atoms with Gasteiger partial charge in [0.05, 0.1) is 0 Å². The van der Waals surface area contributed by atoms with Crippen molar-refractivity contribution in [1.82, 2.24) is 15.3 Å². The zero-order chi connectivity index (χ0) is 15.6. The molecule has 1 amide bonds. The second kappa shape index (κ2) is 5.87. The number of hydrogen-bond donors (Lipinski definition) is 1. The van der Waals surface area contributed by atoms with E-state index >= 15 is 0 Å². The Morgan fingerprint density at radius 2 is 2.14 bits per heavy atom. The zero-order valence-corrected chi connectivity index (χ0v) is 13.6. The summed E-state index contributed by atoms with van der Waals surface area (Å²) >= 11 is 0. The van der Waals surface area contributed by atoms with Gasteiger partial charge in [-0.25, -0.2) is 4.98 Å². The van der Waals surface area contributed by atoms with Crippen molar-refractivity contribution in [2.24, 2.45) is 0 Å². The van der Waals surface area contributed by atoms with Crippen molar-refractivity contribution in [3.63, 3.8) is 0 Å². The van der Waals surface area contributed by atoms with Crippen molar-refractivity contribution < 1.29 is 4.79 Å². The van der Waals surface area contributed by atoms with Gasteiger partial charge < -0.3 is 15.1 Å². The Kier molecular flexibility index (Phi) is 4.34. The first-order chi connectivity index (χ1) is 9.78. The quantitative estimate of drug-likeness (QED) is 0.913. The Morgan fingerprint density at radius 3 is 2.76 bits per heavy atom. The first-order valence-corrected chi connectivity index (χ1v) is 7.37. The predicted octanol–water partition coefficient (Wildman–Crippen LogP) is 1.43. The third-order valence-electron chi connectivity index (χ3n) is 3.38. The Bertz CT molecular complexity index is 509. The van der Waals surface area contributed by atoms with E-state index in [9.17, 15) is 4.79 Å². The molecule has 1 aromatic heterocycles. The number of carbonyl (C=O) groups excluding carboxylic acids is 1. The van der Waals surface area contributed by atoms with E-state index in [-0.39, 0.29) is 17.5 Å². The van der Waals surface area contributed by atoms with Crippen LogP contribution in [0.15, 0.2) is 12.3 Å². The lowest BCUT2D eigenvalue weighted by Crippen LogP contribution is -2.50. The van der Waals surface area contributed by atoms with Crippen LogP contribution in [0.5, 0.6) is 0 Å². The van der Waals surface area contributed by atoms with Crippen LogP contribution < -0.4 is 15.1 Å². The zero-order valence-electron chi connectivity index (χ0n) is 13.6. The summed E-state index contributed by atoms with van der Waals surface area (Å²) in [6.07, 6.45) is 3.61. The maximum atomic E-state index is 12.5. The highest BCUT2D eigenvalue weighted by Gasteiger charge is 2.33. The number of nitrogens with one attached hydrogen (secondary N) is 1. The topological polar surface area (TPSA) is 61.4 Å². The third-order valence-corrected chi connectivity index (χ3v) is 3.38. The minimum absolute atomic E-state index is 0.0741. The first-order valence-electron chi connectivity index (χ1n) is 7.37. The SMILES string of the molecule is CN(C)c1nccc(N2CCCC2C(=O)NC(C)(C)C)n1. The molecule has 1 aliphatic rings. The fourth-order valence-electron chi connectivity index (χ4n) is 2.48. The van der Waals surface area contributed by atoms with Crippen molar-refractivity contribution in [3.8, 4) is 0 Å². The van der Waals surface area contributed by atoms with Gasteiger partial charge in [0.1, 0.15) is 11.9 Å². The highest BCUT2D eigenvalue weighted by atomic mass is 16.2. The summed E-state index contributed by atoms with van der Waals surface area (Å²) < 4.78 is 0. The molecule has 21 heavy (non-hydrogen) atoms. The van der Waals surface area contributed by atoms with E-state index in [1.807, 2.05) is 45.8 Å². The lowest BCUT2D eigenvalue weighted by molar-refractivity contribution is -0.123. The summed E-state index contributed by atoms with van der Waals surface area (Å²) in [5.41, 5.74) is -0.216. The fraction of sp³-hybridized carbons (Fsp3) is 0.667. The van der Waals surface area contributed by atoms with Crippen molar-refractivity contribution in [2.75, 3.05) is 30.4 Å². The van der Waals surface area contributed by atoms with Crippen LogP contribution in [0.3, 0.4) is 0 Å². The summed E-state index contributed by atoms with van der Waals surface area (Å²) in [5.74, 6) is 1.56. The number of aromatic nitrogens is 2. The van der Waals surface area contributed by atoms with Crippen molar-refractivity contribution in [3.05, 3.63) is 12.3 Å². The van der Waals surface area contributed by atoms with Gasteiger partial charge in [-0.1, -0.05) is 0 Å². The second-order valence-corrected chi connectivity index (χ2v) is 6.70. The molecule has 0 radical (unpaired) electrons. The molecular weight excluding hydrogens is 266 g/mol. The van der Waals surface area contributed by atoms with E-state index in [0.29, 0.717) is 5.95 Å². The molecule has 1 unspecified atom stereocenters. The Balaban J connectivity index is 2.18. The summed E-state index contributed by atoms with van der Waals surface area (Å²) in [7, 11) is 3.82. The number of hydrogen-bond acceptors (Lipinski definition) is 5. The normalized spacial score (nSPS) is 18.7. The van der Waals surface area contributed by atoms with Gasteiger partial charge in [-0.3, -0.25) is 4.79 Å². The highest BCUT2D eigenvalue weighted by molar-refractivity contribution is 5.86. The smallest absolute Gasteiger partial charge is 0.243 e. The van der Waals surface area contributed by atoms with E-state index in [0.717, 1.165) is 25.2 Å². The van der Waals surface area contributed by atoms with E-state index < -0.39 is 0 Å². The van der Waals surface area contributed by atoms with Crippen LogP contribution >= 0.6 is 0 Å². The van der Waals surface area contributed by atoms with Crippen molar-refractivity contribution in [1.29, 1.82) is 0 Å². The second-order valence-electron chi connectivity index (χ2n) is 6.70. The van der Waals surface area contributed by atoms with Crippen LogP contribution in [0.1, 0.15) is 33.6 Å². The van der Waals surface area contributed by atoms with Crippen LogP contribution in [-0.4, -0.2) is 48.1 Å². The van der Waals surface area contributed by atoms with E-state index in [4.69, 9.17) is 0 Å². The average Bonchev–Trinajstić information content (AvgIpc) is 2.86. The molecule has 2 rings (SSSR count). The van der Waals surface area contributed by atoms with Crippen LogP contribution in [0.25, 0.3) is 0 Å². The van der Waals surface area contributed by atoms with Gasteiger partial charge in [0.2, 0.25) is 11.9 Å². The van der Waals surface area contributed by atoms with E-state index in [2.05, 4.69) is 20.2 Å². The summed E-state index contributed by atoms with van der Waals surface area (Å²) in [6, 6.07) is 1.73. The Labute approximate surface area is 126 Å². The number of rotatable bonds is 3. The van der Waals surface area contributed by atoms with Gasteiger partial charge in [0, 0.05) is 32.4 Å². The number of anilines is 2. The largest absolute Gasteiger partial charge is 0.350 e. The Hall–Kier alpha value is -1.85. The van der Waals surface area contributed by atoms with Gasteiger partial charge in [0.15, 0.2) is 0 Å². The Morgan fingerprint density at radius 1 is 1.43 bits per heavy atom. The highest BCUT2D eigenvalue weighted by Crippen LogP contribution is 2.25. The minimum Gasteiger partial charge on any atom is -0.350 e. The third kappa shape index (κ3) is 3.83. The maximum Gasteiger partial charge on any atom is 0.243 e. The number of carbonyl (C=O) groups is 1.